The maximum Gasteiger partial charge on any atom is 0.183 e. The molecule has 1 aromatic rings. The summed E-state index contributed by atoms with van der Waals surface area (Å²) in [4.78, 5) is 2.21. The summed E-state index contributed by atoms with van der Waals surface area (Å²) >= 11 is 0. The predicted octanol–water partition coefficient (Wildman–Crippen LogP) is 0.774. The second-order valence-electron chi connectivity index (χ2n) is 8.47. The molecule has 2 fully saturated rings. The summed E-state index contributed by atoms with van der Waals surface area (Å²) in [6.45, 7) is 8.85. The lowest BCUT2D eigenvalue weighted by Gasteiger charge is -2.41. The first kappa shape index (κ1) is 22.6. The van der Waals surface area contributed by atoms with Crippen LogP contribution in [-0.2, 0) is 24.4 Å². The van der Waals surface area contributed by atoms with Crippen molar-refractivity contribution in [3.05, 3.63) is 29.6 Å². The van der Waals surface area contributed by atoms with E-state index >= 15 is 0 Å². The van der Waals surface area contributed by atoms with Gasteiger partial charge in [-0.05, 0) is 44.5 Å². The Hall–Kier alpha value is -1.07. The van der Waals surface area contributed by atoms with Crippen molar-refractivity contribution < 1.29 is 26.0 Å². The van der Waals surface area contributed by atoms with Gasteiger partial charge in [-0.25, -0.2) is 21.2 Å². The molecule has 0 aromatic heterocycles. The Morgan fingerprint density at radius 1 is 1.24 bits per heavy atom. The maximum atomic E-state index is 13.6. The Morgan fingerprint density at radius 3 is 2.52 bits per heavy atom. The molecule has 10 heteroatoms. The van der Waals surface area contributed by atoms with Crippen molar-refractivity contribution in [2.45, 2.75) is 42.5 Å². The lowest BCUT2D eigenvalue weighted by molar-refractivity contribution is -0.0101. The summed E-state index contributed by atoms with van der Waals surface area (Å²) in [6, 6.07) is 2.87. The standard InChI is InChI=1S/C19H29FN2O5S2/c1-14-10-15(4-5-16(14)20)29(25,26)18-12-28(23,24)11-17(18)21-13-19(2,3)22-6-8-27-9-7-22/h4-5,10,17-18,21H,6-9,11-13H2,1-3H3/t17-,18-/m0/s1. The van der Waals surface area contributed by atoms with Gasteiger partial charge in [-0.15, -0.1) is 0 Å². The fraction of sp³-hybridized carbons (Fsp3) is 0.684. The third-order valence-electron chi connectivity index (χ3n) is 5.82. The van der Waals surface area contributed by atoms with Crippen LogP contribution in [-0.4, -0.2) is 82.9 Å². The molecule has 2 saturated heterocycles. The van der Waals surface area contributed by atoms with Crippen LogP contribution in [0.15, 0.2) is 23.1 Å². The molecule has 0 bridgehead atoms. The molecule has 1 N–H and O–H groups in total. The fourth-order valence-electron chi connectivity index (χ4n) is 3.94. The molecule has 2 aliphatic rings. The highest BCUT2D eigenvalue weighted by atomic mass is 32.2. The molecule has 2 aliphatic heterocycles. The molecule has 0 spiro atoms. The summed E-state index contributed by atoms with van der Waals surface area (Å²) in [5.41, 5.74) is -0.0680. The van der Waals surface area contributed by atoms with Gasteiger partial charge in [-0.1, -0.05) is 0 Å². The van der Waals surface area contributed by atoms with Gasteiger partial charge in [0.25, 0.3) is 0 Å². The first-order valence-corrected chi connectivity index (χ1v) is 13.1. The van der Waals surface area contributed by atoms with E-state index in [4.69, 9.17) is 4.74 Å². The van der Waals surface area contributed by atoms with E-state index < -0.39 is 42.5 Å². The van der Waals surface area contributed by atoms with Gasteiger partial charge < -0.3 is 10.1 Å². The minimum absolute atomic E-state index is 0.0438. The fourth-order valence-corrected chi connectivity index (χ4v) is 8.74. The number of nitrogens with zero attached hydrogens (tertiary/aromatic N) is 1. The van der Waals surface area contributed by atoms with Crippen LogP contribution in [0, 0.1) is 12.7 Å². The molecule has 1 aromatic carbocycles. The lowest BCUT2D eigenvalue weighted by Crippen LogP contribution is -2.57. The zero-order valence-corrected chi connectivity index (χ0v) is 18.7. The highest BCUT2D eigenvalue weighted by molar-refractivity contribution is 7.96. The molecule has 0 aliphatic carbocycles. The number of sulfone groups is 2. The molecule has 2 atom stereocenters. The Balaban J connectivity index is 1.80. The summed E-state index contributed by atoms with van der Waals surface area (Å²) < 4.78 is 69.9. The molecular formula is C19H29FN2O5S2. The number of aryl methyl sites for hydroxylation is 1. The molecule has 164 valence electrons. The number of hydrogen-bond donors (Lipinski definition) is 1. The van der Waals surface area contributed by atoms with Gasteiger partial charge >= 0.3 is 0 Å². The van der Waals surface area contributed by atoms with Gasteiger partial charge in [0.15, 0.2) is 19.7 Å². The third-order valence-corrected chi connectivity index (χ3v) is 9.97. The van der Waals surface area contributed by atoms with Gasteiger partial charge in [-0.2, -0.15) is 0 Å². The predicted molar refractivity (Wildman–Crippen MR) is 109 cm³/mol. The number of nitrogens with one attached hydrogen (secondary N) is 1. The molecule has 0 saturated carbocycles. The van der Waals surface area contributed by atoms with E-state index in [1.54, 1.807) is 0 Å². The van der Waals surface area contributed by atoms with E-state index in [-0.39, 0.29) is 21.8 Å². The minimum atomic E-state index is -3.93. The molecule has 0 amide bonds. The maximum absolute atomic E-state index is 13.6. The van der Waals surface area contributed by atoms with Crippen molar-refractivity contribution in [2.24, 2.45) is 0 Å². The second-order valence-corrected chi connectivity index (χ2v) is 12.8. The Kier molecular flexibility index (Phi) is 6.41. The van der Waals surface area contributed by atoms with E-state index in [1.807, 2.05) is 13.8 Å². The van der Waals surface area contributed by atoms with Gasteiger partial charge in [0.1, 0.15) is 5.82 Å². The number of hydrogen-bond acceptors (Lipinski definition) is 7. The van der Waals surface area contributed by atoms with Crippen molar-refractivity contribution in [3.63, 3.8) is 0 Å². The zero-order chi connectivity index (χ0) is 21.4. The van der Waals surface area contributed by atoms with E-state index in [1.165, 1.54) is 19.1 Å². The van der Waals surface area contributed by atoms with Crippen molar-refractivity contribution in [1.29, 1.82) is 0 Å². The quantitative estimate of drug-likeness (QED) is 0.643. The highest BCUT2D eigenvalue weighted by Crippen LogP contribution is 2.28. The monoisotopic (exact) mass is 448 g/mol. The highest BCUT2D eigenvalue weighted by Gasteiger charge is 2.46. The summed E-state index contributed by atoms with van der Waals surface area (Å²) in [5.74, 6) is -1.15. The topological polar surface area (TPSA) is 92.8 Å². The minimum Gasteiger partial charge on any atom is -0.379 e. The Morgan fingerprint density at radius 2 is 1.90 bits per heavy atom. The number of morpholine rings is 1. The Bertz CT molecular complexity index is 957. The molecule has 29 heavy (non-hydrogen) atoms. The summed E-state index contributed by atoms with van der Waals surface area (Å²) in [7, 11) is -7.43. The van der Waals surface area contributed by atoms with Crippen LogP contribution in [0.3, 0.4) is 0 Å². The van der Waals surface area contributed by atoms with E-state index in [2.05, 4.69) is 10.2 Å². The summed E-state index contributed by atoms with van der Waals surface area (Å²) in [5, 5.41) is 2.11. The van der Waals surface area contributed by atoms with Gasteiger partial charge in [0.05, 0.1) is 34.9 Å². The van der Waals surface area contributed by atoms with Crippen molar-refractivity contribution in [3.8, 4) is 0 Å². The van der Waals surface area contributed by atoms with Crippen LogP contribution in [0.5, 0.6) is 0 Å². The number of halogens is 1. The van der Waals surface area contributed by atoms with Gasteiger partial charge in [-0.3, -0.25) is 4.90 Å². The average Bonchev–Trinajstić information content (AvgIpc) is 2.98. The van der Waals surface area contributed by atoms with Crippen LogP contribution in [0.2, 0.25) is 0 Å². The van der Waals surface area contributed by atoms with Crippen LogP contribution in [0.4, 0.5) is 4.39 Å². The normalized spacial score (nSPS) is 25.9. The Labute approximate surface area is 172 Å². The molecule has 0 unspecified atom stereocenters. The summed E-state index contributed by atoms with van der Waals surface area (Å²) in [6.07, 6.45) is 0. The average molecular weight is 449 g/mol. The molecule has 7 nitrogen and oxygen atoms in total. The van der Waals surface area contributed by atoms with Crippen LogP contribution in [0.1, 0.15) is 19.4 Å². The third kappa shape index (κ3) is 4.99. The van der Waals surface area contributed by atoms with Crippen LogP contribution in [0.25, 0.3) is 0 Å². The second kappa shape index (κ2) is 8.22. The molecular weight excluding hydrogens is 419 g/mol. The van der Waals surface area contributed by atoms with E-state index in [0.717, 1.165) is 19.2 Å². The first-order chi connectivity index (χ1) is 13.4. The first-order valence-electron chi connectivity index (χ1n) is 9.69. The van der Waals surface area contributed by atoms with Crippen molar-refractivity contribution in [2.75, 3.05) is 44.4 Å². The van der Waals surface area contributed by atoms with E-state index in [0.29, 0.717) is 19.8 Å². The number of ether oxygens (including phenoxy) is 1. The van der Waals surface area contributed by atoms with Crippen molar-refractivity contribution in [1.82, 2.24) is 10.2 Å². The van der Waals surface area contributed by atoms with Crippen LogP contribution < -0.4 is 5.32 Å². The van der Waals surface area contributed by atoms with Gasteiger partial charge in [0.2, 0.25) is 0 Å². The lowest BCUT2D eigenvalue weighted by atomic mass is 10.0. The largest absolute Gasteiger partial charge is 0.379 e. The van der Waals surface area contributed by atoms with Crippen molar-refractivity contribution >= 4 is 19.7 Å². The van der Waals surface area contributed by atoms with E-state index in [9.17, 15) is 21.2 Å². The van der Waals surface area contributed by atoms with Crippen LogP contribution >= 0.6 is 0 Å². The molecule has 0 radical (unpaired) electrons. The molecule has 2 heterocycles. The SMILES string of the molecule is Cc1cc(S(=O)(=O)[C@H]2CS(=O)(=O)C[C@@H]2NCC(C)(C)N2CCOCC2)ccc1F. The zero-order valence-electron chi connectivity index (χ0n) is 17.0. The number of benzene rings is 1. The smallest absolute Gasteiger partial charge is 0.183 e. The van der Waals surface area contributed by atoms with Gasteiger partial charge in [0, 0.05) is 31.2 Å². The molecule has 3 rings (SSSR count). The number of rotatable bonds is 6.